The smallest absolute Gasteiger partial charge is 0.258 e. The molecule has 0 aliphatic carbocycles. The molecule has 0 radical (unpaired) electrons. The van der Waals surface area contributed by atoms with E-state index in [1.807, 2.05) is 43.5 Å². The molecule has 2 amide bonds. The number of ether oxygens (including phenoxy) is 1. The van der Waals surface area contributed by atoms with Crippen molar-refractivity contribution < 1.29 is 14.3 Å². The van der Waals surface area contributed by atoms with E-state index in [-0.39, 0.29) is 6.10 Å². The van der Waals surface area contributed by atoms with Gasteiger partial charge in [0, 0.05) is 58.4 Å². The zero-order valence-corrected chi connectivity index (χ0v) is 18.9. The minimum atomic E-state index is -0.404. The number of allylic oxidation sites excluding steroid dienone is 1. The third kappa shape index (κ3) is 3.76. The van der Waals surface area contributed by atoms with Crippen LogP contribution >= 0.6 is 0 Å². The Morgan fingerprint density at radius 3 is 2.27 bits per heavy atom. The first-order chi connectivity index (χ1) is 16.1. The molecule has 0 saturated carbocycles. The van der Waals surface area contributed by atoms with E-state index in [4.69, 9.17) is 4.74 Å². The minimum absolute atomic E-state index is 0.129. The van der Waals surface area contributed by atoms with Crippen LogP contribution in [0.2, 0.25) is 0 Å². The Labute approximate surface area is 192 Å². The van der Waals surface area contributed by atoms with Crippen molar-refractivity contribution in [1.82, 2.24) is 14.5 Å². The molecule has 3 heterocycles. The Bertz CT molecular complexity index is 1390. The summed E-state index contributed by atoms with van der Waals surface area (Å²) in [6.07, 6.45) is 5.59. The molecule has 2 aromatic carbocycles. The summed E-state index contributed by atoms with van der Waals surface area (Å²) in [6.45, 7) is 6.16. The summed E-state index contributed by atoms with van der Waals surface area (Å²) in [7, 11) is 0. The molecule has 0 saturated heterocycles. The second kappa shape index (κ2) is 8.71. The summed E-state index contributed by atoms with van der Waals surface area (Å²) >= 11 is 0. The van der Waals surface area contributed by atoms with Crippen LogP contribution in [0, 0.1) is 0 Å². The van der Waals surface area contributed by atoms with Crippen LogP contribution in [-0.2, 0) is 27.4 Å². The normalized spacial score (nSPS) is 19.4. The van der Waals surface area contributed by atoms with Gasteiger partial charge >= 0.3 is 0 Å². The minimum Gasteiger partial charge on any atom is -0.377 e. The predicted molar refractivity (Wildman–Crippen MR) is 131 cm³/mol. The van der Waals surface area contributed by atoms with E-state index in [1.165, 1.54) is 0 Å². The molecule has 1 unspecified atom stereocenters. The molecule has 1 N–H and O–H groups in total. The maximum atomic E-state index is 13.3. The van der Waals surface area contributed by atoms with Gasteiger partial charge in [-0.25, -0.2) is 0 Å². The van der Waals surface area contributed by atoms with Gasteiger partial charge < -0.3 is 13.9 Å². The molecular formula is C27H27N3O3. The van der Waals surface area contributed by atoms with Crippen molar-refractivity contribution in [2.45, 2.75) is 39.5 Å². The first kappa shape index (κ1) is 21.2. The van der Waals surface area contributed by atoms with Gasteiger partial charge in [-0.1, -0.05) is 36.4 Å². The number of aromatic nitrogens is 2. The van der Waals surface area contributed by atoms with E-state index < -0.39 is 5.91 Å². The summed E-state index contributed by atoms with van der Waals surface area (Å²) in [5.41, 5.74) is 5.30. The van der Waals surface area contributed by atoms with Crippen molar-refractivity contribution in [3.63, 3.8) is 0 Å². The zero-order chi connectivity index (χ0) is 22.9. The van der Waals surface area contributed by atoms with Gasteiger partial charge in [-0.05, 0) is 38.0 Å². The van der Waals surface area contributed by atoms with Gasteiger partial charge in [0.2, 0.25) is 6.41 Å². The number of hydrogen-bond donors (Lipinski definition) is 1. The fraction of sp³-hybridized carbons (Fsp3) is 0.259. The first-order valence-corrected chi connectivity index (χ1v) is 11.3. The fourth-order valence-corrected chi connectivity index (χ4v) is 4.87. The highest BCUT2D eigenvalue weighted by molar-refractivity contribution is 6.31. The van der Waals surface area contributed by atoms with Crippen LogP contribution < -0.4 is 5.32 Å². The van der Waals surface area contributed by atoms with Crippen LogP contribution in [0.1, 0.15) is 31.4 Å². The van der Waals surface area contributed by atoms with Crippen LogP contribution in [0.15, 0.2) is 60.9 Å². The number of fused-ring (bicyclic) bond motifs is 10. The molecule has 6 nitrogen and oxygen atoms in total. The monoisotopic (exact) mass is 441 g/mol. The Hall–Kier alpha value is -3.64. The lowest BCUT2D eigenvalue weighted by Gasteiger charge is -2.15. The number of para-hydroxylation sites is 2. The molecule has 168 valence electrons. The maximum Gasteiger partial charge on any atom is 0.258 e. The number of rotatable bonds is 2. The molecule has 1 aliphatic rings. The fourth-order valence-electron chi connectivity index (χ4n) is 4.87. The van der Waals surface area contributed by atoms with Crippen molar-refractivity contribution in [2.24, 2.45) is 0 Å². The van der Waals surface area contributed by atoms with Crippen LogP contribution in [0.5, 0.6) is 0 Å². The molecule has 4 bridgehead atoms. The number of carbonyl (C=O) groups is 2. The molecular weight excluding hydrogens is 414 g/mol. The van der Waals surface area contributed by atoms with Crippen molar-refractivity contribution in [3.05, 3.63) is 72.1 Å². The highest BCUT2D eigenvalue weighted by atomic mass is 16.5. The quantitative estimate of drug-likeness (QED) is 0.462. The molecule has 5 rings (SSSR count). The molecule has 1 aliphatic heterocycles. The summed E-state index contributed by atoms with van der Waals surface area (Å²) in [5, 5.41) is 4.43. The summed E-state index contributed by atoms with van der Waals surface area (Å²) in [4.78, 5) is 24.5. The Balaban J connectivity index is 1.84. The largest absolute Gasteiger partial charge is 0.377 e. The van der Waals surface area contributed by atoms with E-state index in [1.54, 1.807) is 0 Å². The Morgan fingerprint density at radius 2 is 1.58 bits per heavy atom. The third-order valence-electron chi connectivity index (χ3n) is 6.55. The molecule has 0 spiro atoms. The SMILES string of the molecule is C/C1=C(\C(=O)NC=O)c2cn(c3ccccc23)CCOC(C)CCn2cc1c1ccccc12. The van der Waals surface area contributed by atoms with E-state index in [0.717, 1.165) is 51.5 Å². The molecule has 33 heavy (non-hydrogen) atoms. The van der Waals surface area contributed by atoms with Gasteiger partial charge in [0.15, 0.2) is 0 Å². The highest BCUT2D eigenvalue weighted by Crippen LogP contribution is 2.36. The first-order valence-electron chi connectivity index (χ1n) is 11.3. The number of amides is 2. The number of carbonyl (C=O) groups excluding carboxylic acids is 2. The topological polar surface area (TPSA) is 65.3 Å². The standard InChI is InChI=1S/C27H27N3O3/c1-18-11-12-29-15-22(20-7-3-5-9-24(20)29)19(2)26(27(32)28-17-31)23-16-30(13-14-33-18)25-10-6-4-8-21(23)25/h3-10,15-18H,11-14H2,1-2H3,(H,28,31,32)/b26-19+. The lowest BCUT2D eigenvalue weighted by molar-refractivity contribution is -0.121. The summed E-state index contributed by atoms with van der Waals surface area (Å²) in [5.74, 6) is -0.404. The van der Waals surface area contributed by atoms with Crippen molar-refractivity contribution >= 4 is 45.3 Å². The maximum absolute atomic E-state index is 13.3. The van der Waals surface area contributed by atoms with Gasteiger partial charge in [0.05, 0.1) is 18.3 Å². The lowest BCUT2D eigenvalue weighted by Crippen LogP contribution is -2.23. The van der Waals surface area contributed by atoms with Crippen LogP contribution in [0.4, 0.5) is 0 Å². The third-order valence-corrected chi connectivity index (χ3v) is 6.55. The molecule has 1 atom stereocenters. The number of benzene rings is 2. The molecule has 4 aromatic rings. The average Bonchev–Trinajstić information content (AvgIpc) is 3.37. The second-order valence-corrected chi connectivity index (χ2v) is 8.57. The average molecular weight is 442 g/mol. The zero-order valence-electron chi connectivity index (χ0n) is 18.9. The van der Waals surface area contributed by atoms with E-state index in [9.17, 15) is 9.59 Å². The predicted octanol–water partition coefficient (Wildman–Crippen LogP) is 4.61. The Kier molecular flexibility index (Phi) is 5.60. The van der Waals surface area contributed by atoms with E-state index in [0.29, 0.717) is 25.1 Å². The van der Waals surface area contributed by atoms with Crippen molar-refractivity contribution in [1.29, 1.82) is 0 Å². The van der Waals surface area contributed by atoms with E-state index in [2.05, 4.69) is 45.8 Å². The number of nitrogens with one attached hydrogen (secondary N) is 1. The van der Waals surface area contributed by atoms with Gasteiger partial charge in [-0.2, -0.15) is 0 Å². The summed E-state index contributed by atoms with van der Waals surface area (Å²) in [6, 6.07) is 16.3. The molecule has 2 aromatic heterocycles. The summed E-state index contributed by atoms with van der Waals surface area (Å²) < 4.78 is 10.5. The van der Waals surface area contributed by atoms with Crippen molar-refractivity contribution in [2.75, 3.05) is 6.61 Å². The number of nitrogens with zero attached hydrogens (tertiary/aromatic N) is 2. The van der Waals surface area contributed by atoms with Crippen molar-refractivity contribution in [3.8, 4) is 0 Å². The number of hydrogen-bond acceptors (Lipinski definition) is 3. The molecule has 6 heteroatoms. The van der Waals surface area contributed by atoms with Gasteiger partial charge in [-0.15, -0.1) is 0 Å². The van der Waals surface area contributed by atoms with Gasteiger partial charge in [-0.3, -0.25) is 14.9 Å². The van der Waals surface area contributed by atoms with Crippen LogP contribution in [0.25, 0.3) is 33.0 Å². The van der Waals surface area contributed by atoms with Crippen LogP contribution in [-0.4, -0.2) is 34.2 Å². The Morgan fingerprint density at radius 1 is 0.970 bits per heavy atom. The molecule has 0 fully saturated rings. The highest BCUT2D eigenvalue weighted by Gasteiger charge is 2.23. The van der Waals surface area contributed by atoms with Gasteiger partial charge in [0.25, 0.3) is 5.91 Å². The lowest BCUT2D eigenvalue weighted by atomic mass is 9.94. The van der Waals surface area contributed by atoms with Crippen LogP contribution in [0.3, 0.4) is 0 Å². The van der Waals surface area contributed by atoms with E-state index >= 15 is 0 Å². The van der Waals surface area contributed by atoms with Gasteiger partial charge in [0.1, 0.15) is 0 Å². The number of imide groups is 1. The number of aryl methyl sites for hydroxylation is 1. The second-order valence-electron chi connectivity index (χ2n) is 8.57.